The molecule has 2 heteroatoms. The number of rotatable bonds is 3. The van der Waals surface area contributed by atoms with E-state index in [2.05, 4.69) is 44.0 Å². The summed E-state index contributed by atoms with van der Waals surface area (Å²) in [7, 11) is 2.07. The minimum atomic E-state index is 0.579. The van der Waals surface area contributed by atoms with Crippen LogP contribution in [-0.4, -0.2) is 24.1 Å². The Hall–Kier alpha value is 0.0500. The first-order chi connectivity index (χ1) is 6.24. The highest BCUT2D eigenvalue weighted by atomic mass is 32.2. The van der Waals surface area contributed by atoms with Crippen LogP contribution in [0.2, 0.25) is 0 Å². The van der Waals surface area contributed by atoms with E-state index in [-0.39, 0.29) is 0 Å². The number of likely N-dealkylation sites (N-methyl/N-ethyl adjacent to an activating group) is 1. The van der Waals surface area contributed by atoms with E-state index < -0.39 is 0 Å². The molecule has 1 rings (SSSR count). The fraction of sp³-hybridized carbons (Fsp3) is 0.818. The van der Waals surface area contributed by atoms with Crippen molar-refractivity contribution in [1.82, 2.24) is 5.32 Å². The first-order valence-electron chi connectivity index (χ1n) is 5.18. The van der Waals surface area contributed by atoms with Crippen LogP contribution in [0.5, 0.6) is 0 Å². The molecule has 0 aromatic rings. The van der Waals surface area contributed by atoms with E-state index in [4.69, 9.17) is 0 Å². The summed E-state index contributed by atoms with van der Waals surface area (Å²) in [6.07, 6.45) is 6.56. The summed E-state index contributed by atoms with van der Waals surface area (Å²) in [5, 5.41) is 4.21. The van der Waals surface area contributed by atoms with E-state index in [0.29, 0.717) is 6.04 Å². The van der Waals surface area contributed by atoms with Crippen molar-refractivity contribution in [2.45, 2.75) is 44.4 Å². The van der Waals surface area contributed by atoms with Gasteiger partial charge in [0.05, 0.1) is 0 Å². The lowest BCUT2D eigenvalue weighted by atomic mass is 10.1. The molecule has 1 aliphatic rings. The van der Waals surface area contributed by atoms with Gasteiger partial charge in [-0.25, -0.2) is 0 Å². The molecule has 1 saturated heterocycles. The maximum absolute atomic E-state index is 3.41. The van der Waals surface area contributed by atoms with Crippen LogP contribution in [0, 0.1) is 0 Å². The lowest BCUT2D eigenvalue weighted by molar-refractivity contribution is 0.562. The van der Waals surface area contributed by atoms with Gasteiger partial charge in [0.25, 0.3) is 0 Å². The number of nitrogens with one attached hydrogen (secondary N) is 1. The Balaban J connectivity index is 2.49. The van der Waals surface area contributed by atoms with Crippen molar-refractivity contribution < 1.29 is 0 Å². The number of hydrogen-bond acceptors (Lipinski definition) is 2. The zero-order chi connectivity index (χ0) is 9.68. The molecule has 13 heavy (non-hydrogen) atoms. The van der Waals surface area contributed by atoms with Gasteiger partial charge in [-0.1, -0.05) is 18.1 Å². The summed E-state index contributed by atoms with van der Waals surface area (Å²) in [5.41, 5.74) is 1.42. The summed E-state index contributed by atoms with van der Waals surface area (Å²) in [4.78, 5) is 0. The van der Waals surface area contributed by atoms with Crippen LogP contribution in [0.15, 0.2) is 11.6 Å². The molecule has 1 fully saturated rings. The third kappa shape index (κ3) is 3.74. The summed E-state index contributed by atoms with van der Waals surface area (Å²) in [6, 6.07) is 0.579. The molecule has 1 N–H and O–H groups in total. The largest absolute Gasteiger partial charge is 0.313 e. The average Bonchev–Trinajstić information content (AvgIpc) is 2.15. The van der Waals surface area contributed by atoms with Crippen molar-refractivity contribution >= 4 is 11.8 Å². The number of hydrogen-bond donors (Lipinski definition) is 1. The molecule has 0 aromatic carbocycles. The Labute approximate surface area is 86.4 Å². The molecule has 2 atom stereocenters. The van der Waals surface area contributed by atoms with E-state index in [0.717, 1.165) is 5.25 Å². The molecule has 1 aliphatic heterocycles. The molecule has 0 amide bonds. The Morgan fingerprint density at radius 3 is 2.69 bits per heavy atom. The molecular weight excluding hydrogens is 178 g/mol. The van der Waals surface area contributed by atoms with Crippen molar-refractivity contribution in [3.8, 4) is 0 Å². The molecular formula is C11H21NS. The SMILES string of the molecule is CNC(C=C(C)C)C1CCCCS1. The molecule has 2 unspecified atom stereocenters. The molecule has 0 saturated carbocycles. The van der Waals surface area contributed by atoms with Crippen LogP contribution < -0.4 is 5.32 Å². The van der Waals surface area contributed by atoms with E-state index in [1.54, 1.807) is 0 Å². The summed E-state index contributed by atoms with van der Waals surface area (Å²) in [5.74, 6) is 1.35. The van der Waals surface area contributed by atoms with E-state index in [1.165, 1.54) is 30.6 Å². The summed E-state index contributed by atoms with van der Waals surface area (Å²) in [6.45, 7) is 4.36. The van der Waals surface area contributed by atoms with Gasteiger partial charge >= 0.3 is 0 Å². The molecule has 1 nitrogen and oxygen atoms in total. The van der Waals surface area contributed by atoms with Crippen LogP contribution in [0.4, 0.5) is 0 Å². The van der Waals surface area contributed by atoms with Crippen molar-refractivity contribution in [2.24, 2.45) is 0 Å². The van der Waals surface area contributed by atoms with Gasteiger partial charge in [-0.15, -0.1) is 0 Å². The van der Waals surface area contributed by atoms with Crippen molar-refractivity contribution in [2.75, 3.05) is 12.8 Å². The fourth-order valence-electron chi connectivity index (χ4n) is 1.78. The van der Waals surface area contributed by atoms with Gasteiger partial charge in [0.15, 0.2) is 0 Å². The first kappa shape index (κ1) is 11.1. The van der Waals surface area contributed by atoms with Crippen molar-refractivity contribution in [3.05, 3.63) is 11.6 Å². The molecule has 0 aromatic heterocycles. The monoisotopic (exact) mass is 199 g/mol. The number of thioether (sulfide) groups is 1. The van der Waals surface area contributed by atoms with Gasteiger partial charge in [0.2, 0.25) is 0 Å². The Kier molecular flexibility index (Phi) is 4.89. The second-order valence-electron chi connectivity index (χ2n) is 3.96. The van der Waals surface area contributed by atoms with Gasteiger partial charge in [-0.2, -0.15) is 11.8 Å². The maximum Gasteiger partial charge on any atom is 0.0369 e. The van der Waals surface area contributed by atoms with Crippen LogP contribution >= 0.6 is 11.8 Å². The smallest absolute Gasteiger partial charge is 0.0369 e. The molecule has 0 spiro atoms. The topological polar surface area (TPSA) is 12.0 Å². The highest BCUT2D eigenvalue weighted by Gasteiger charge is 2.20. The molecule has 0 aliphatic carbocycles. The van der Waals surface area contributed by atoms with Gasteiger partial charge in [-0.05, 0) is 39.5 Å². The predicted octanol–water partition coefficient (Wildman–Crippen LogP) is 2.83. The summed E-state index contributed by atoms with van der Waals surface area (Å²) < 4.78 is 0. The van der Waals surface area contributed by atoms with Crippen LogP contribution in [0.25, 0.3) is 0 Å². The lowest BCUT2D eigenvalue weighted by Gasteiger charge is -2.27. The lowest BCUT2D eigenvalue weighted by Crippen LogP contribution is -2.35. The third-order valence-electron chi connectivity index (χ3n) is 2.46. The third-order valence-corrected chi connectivity index (χ3v) is 3.94. The number of allylic oxidation sites excluding steroid dienone is 1. The maximum atomic E-state index is 3.41. The second kappa shape index (κ2) is 5.71. The molecule has 76 valence electrons. The standard InChI is InChI=1S/C11H21NS/c1-9(2)8-10(12-3)11-6-4-5-7-13-11/h8,10-12H,4-7H2,1-3H3. The molecule has 0 bridgehead atoms. The van der Waals surface area contributed by atoms with Crippen LogP contribution in [0.3, 0.4) is 0 Å². The minimum Gasteiger partial charge on any atom is -0.313 e. The van der Waals surface area contributed by atoms with Crippen LogP contribution in [-0.2, 0) is 0 Å². The normalized spacial score (nSPS) is 25.3. The Bertz CT molecular complexity index is 167. The van der Waals surface area contributed by atoms with Gasteiger partial charge < -0.3 is 5.32 Å². The zero-order valence-corrected chi connectivity index (χ0v) is 9.79. The average molecular weight is 199 g/mol. The van der Waals surface area contributed by atoms with Gasteiger partial charge in [0, 0.05) is 11.3 Å². The Morgan fingerprint density at radius 1 is 1.46 bits per heavy atom. The van der Waals surface area contributed by atoms with E-state index in [1.807, 2.05) is 0 Å². The summed E-state index contributed by atoms with van der Waals surface area (Å²) >= 11 is 2.13. The van der Waals surface area contributed by atoms with E-state index >= 15 is 0 Å². The zero-order valence-electron chi connectivity index (χ0n) is 8.97. The van der Waals surface area contributed by atoms with Crippen molar-refractivity contribution in [1.29, 1.82) is 0 Å². The highest BCUT2D eigenvalue weighted by Crippen LogP contribution is 2.28. The molecule has 1 heterocycles. The first-order valence-corrected chi connectivity index (χ1v) is 6.23. The van der Waals surface area contributed by atoms with Gasteiger partial charge in [0.1, 0.15) is 0 Å². The minimum absolute atomic E-state index is 0.579. The quantitative estimate of drug-likeness (QED) is 0.702. The van der Waals surface area contributed by atoms with Crippen molar-refractivity contribution in [3.63, 3.8) is 0 Å². The second-order valence-corrected chi connectivity index (χ2v) is 5.31. The Morgan fingerprint density at radius 2 is 2.23 bits per heavy atom. The fourth-order valence-corrected chi connectivity index (χ4v) is 3.21. The highest BCUT2D eigenvalue weighted by molar-refractivity contribution is 8.00. The molecule has 0 radical (unpaired) electrons. The predicted molar refractivity (Wildman–Crippen MR) is 62.4 cm³/mol. The van der Waals surface area contributed by atoms with E-state index in [9.17, 15) is 0 Å². The van der Waals surface area contributed by atoms with Gasteiger partial charge in [-0.3, -0.25) is 0 Å². The van der Waals surface area contributed by atoms with Crippen LogP contribution in [0.1, 0.15) is 33.1 Å².